The topological polar surface area (TPSA) is 38.2 Å². The molecule has 0 atom stereocenters. The standard InChI is InChI=1S/C14H11F6N3O/c1-23(12-21-6-5-11(22-12)13(15,16)17)8-9-3-2-4-10(7-9)24-14(18,19)20/h2-7H,8H2,1H3. The largest absolute Gasteiger partial charge is 0.573 e. The zero-order chi connectivity index (χ0) is 18.0. The number of halogens is 6. The summed E-state index contributed by atoms with van der Waals surface area (Å²) in [6.45, 7) is -0.00360. The molecule has 2 rings (SSSR count). The summed E-state index contributed by atoms with van der Waals surface area (Å²) in [5.74, 6) is -0.620. The molecule has 0 bridgehead atoms. The van der Waals surface area contributed by atoms with Gasteiger partial charge in [-0.15, -0.1) is 13.2 Å². The average molecular weight is 351 g/mol. The molecule has 10 heteroatoms. The van der Waals surface area contributed by atoms with Crippen molar-refractivity contribution in [1.29, 1.82) is 0 Å². The van der Waals surface area contributed by atoms with Crippen molar-refractivity contribution in [3.63, 3.8) is 0 Å². The van der Waals surface area contributed by atoms with E-state index >= 15 is 0 Å². The highest BCUT2D eigenvalue weighted by Gasteiger charge is 2.33. The summed E-state index contributed by atoms with van der Waals surface area (Å²) < 4.78 is 78.3. The smallest absolute Gasteiger partial charge is 0.406 e. The van der Waals surface area contributed by atoms with Crippen LogP contribution in [-0.2, 0) is 12.7 Å². The number of aromatic nitrogens is 2. The summed E-state index contributed by atoms with van der Waals surface area (Å²) in [6.07, 6.45) is -8.47. The van der Waals surface area contributed by atoms with Gasteiger partial charge < -0.3 is 9.64 Å². The van der Waals surface area contributed by atoms with Gasteiger partial charge in [-0.05, 0) is 23.8 Å². The predicted molar refractivity (Wildman–Crippen MR) is 72.3 cm³/mol. The van der Waals surface area contributed by atoms with Crippen LogP contribution in [0.2, 0.25) is 0 Å². The molecule has 0 saturated heterocycles. The summed E-state index contributed by atoms with van der Waals surface area (Å²) >= 11 is 0. The van der Waals surface area contributed by atoms with Gasteiger partial charge in [0.05, 0.1) is 0 Å². The van der Waals surface area contributed by atoms with E-state index in [1.807, 2.05) is 0 Å². The van der Waals surface area contributed by atoms with Crippen LogP contribution in [0.3, 0.4) is 0 Å². The third-order valence-corrected chi connectivity index (χ3v) is 2.83. The number of benzene rings is 1. The van der Waals surface area contributed by atoms with Crippen molar-refractivity contribution in [2.45, 2.75) is 19.1 Å². The zero-order valence-corrected chi connectivity index (χ0v) is 12.2. The normalized spacial score (nSPS) is 12.1. The van der Waals surface area contributed by atoms with Crippen molar-refractivity contribution < 1.29 is 31.1 Å². The van der Waals surface area contributed by atoms with E-state index in [1.165, 1.54) is 24.1 Å². The van der Waals surface area contributed by atoms with Gasteiger partial charge >= 0.3 is 12.5 Å². The highest BCUT2D eigenvalue weighted by atomic mass is 19.4. The van der Waals surface area contributed by atoms with E-state index in [0.29, 0.717) is 5.56 Å². The summed E-state index contributed by atoms with van der Waals surface area (Å²) in [5, 5.41) is 0. The van der Waals surface area contributed by atoms with Crippen LogP contribution in [0.4, 0.5) is 32.3 Å². The lowest BCUT2D eigenvalue weighted by Crippen LogP contribution is -2.21. The highest BCUT2D eigenvalue weighted by molar-refractivity contribution is 5.35. The van der Waals surface area contributed by atoms with Gasteiger partial charge in [0, 0.05) is 19.8 Å². The number of hydrogen-bond donors (Lipinski definition) is 0. The highest BCUT2D eigenvalue weighted by Crippen LogP contribution is 2.28. The number of alkyl halides is 6. The molecule has 0 N–H and O–H groups in total. The molecule has 0 aliphatic heterocycles. The summed E-state index contributed by atoms with van der Waals surface area (Å²) in [6, 6.07) is 5.84. The van der Waals surface area contributed by atoms with Crippen LogP contribution in [0.1, 0.15) is 11.3 Å². The van der Waals surface area contributed by atoms with Gasteiger partial charge in [0.1, 0.15) is 11.4 Å². The molecule has 0 radical (unpaired) electrons. The molecule has 0 saturated carbocycles. The summed E-state index contributed by atoms with van der Waals surface area (Å²) in [4.78, 5) is 8.41. The number of hydrogen-bond acceptors (Lipinski definition) is 4. The van der Waals surface area contributed by atoms with Crippen molar-refractivity contribution in [2.24, 2.45) is 0 Å². The van der Waals surface area contributed by atoms with Crippen LogP contribution < -0.4 is 9.64 Å². The van der Waals surface area contributed by atoms with Gasteiger partial charge in [-0.1, -0.05) is 12.1 Å². The molecular weight excluding hydrogens is 340 g/mol. The first kappa shape index (κ1) is 17.8. The van der Waals surface area contributed by atoms with Crippen LogP contribution >= 0.6 is 0 Å². The fraction of sp³-hybridized carbons (Fsp3) is 0.286. The lowest BCUT2D eigenvalue weighted by molar-refractivity contribution is -0.274. The second kappa shape index (κ2) is 6.54. The molecule has 0 unspecified atom stereocenters. The maximum absolute atomic E-state index is 12.6. The van der Waals surface area contributed by atoms with Gasteiger partial charge in [-0.3, -0.25) is 0 Å². The van der Waals surface area contributed by atoms with E-state index < -0.39 is 24.0 Å². The minimum Gasteiger partial charge on any atom is -0.406 e. The van der Waals surface area contributed by atoms with Crippen molar-refractivity contribution in [3.05, 3.63) is 47.8 Å². The molecule has 130 valence electrons. The van der Waals surface area contributed by atoms with Crippen molar-refractivity contribution in [1.82, 2.24) is 9.97 Å². The van der Waals surface area contributed by atoms with Crippen LogP contribution in [0, 0.1) is 0 Å². The van der Waals surface area contributed by atoms with Crippen LogP contribution in [0.25, 0.3) is 0 Å². The lowest BCUT2D eigenvalue weighted by atomic mass is 10.2. The fourth-order valence-electron chi connectivity index (χ4n) is 1.88. The van der Waals surface area contributed by atoms with Gasteiger partial charge in [0.15, 0.2) is 0 Å². The van der Waals surface area contributed by atoms with Gasteiger partial charge in [0.2, 0.25) is 5.95 Å². The average Bonchev–Trinajstić information content (AvgIpc) is 2.45. The quantitative estimate of drug-likeness (QED) is 0.780. The minimum absolute atomic E-state index is 0.00360. The van der Waals surface area contributed by atoms with Gasteiger partial charge in [-0.25, -0.2) is 9.97 Å². The fourth-order valence-corrected chi connectivity index (χ4v) is 1.88. The number of nitrogens with zero attached hydrogens (tertiary/aromatic N) is 3. The molecule has 24 heavy (non-hydrogen) atoms. The van der Waals surface area contributed by atoms with Crippen LogP contribution in [0.15, 0.2) is 36.5 Å². The van der Waals surface area contributed by atoms with E-state index in [4.69, 9.17) is 0 Å². The Morgan fingerprint density at radius 2 is 1.79 bits per heavy atom. The number of ether oxygens (including phenoxy) is 1. The molecule has 0 fully saturated rings. The molecule has 1 heterocycles. The molecule has 1 aromatic heterocycles. The Kier molecular flexibility index (Phi) is 4.86. The zero-order valence-electron chi connectivity index (χ0n) is 12.2. The summed E-state index contributed by atoms with van der Waals surface area (Å²) in [5.41, 5.74) is -0.714. The summed E-state index contributed by atoms with van der Waals surface area (Å²) in [7, 11) is 1.42. The number of anilines is 1. The van der Waals surface area contributed by atoms with Crippen molar-refractivity contribution >= 4 is 5.95 Å². The van der Waals surface area contributed by atoms with E-state index in [2.05, 4.69) is 14.7 Å². The molecule has 4 nitrogen and oxygen atoms in total. The molecule has 0 aliphatic rings. The first-order valence-corrected chi connectivity index (χ1v) is 6.51. The Morgan fingerprint density at radius 1 is 1.08 bits per heavy atom. The van der Waals surface area contributed by atoms with Crippen LogP contribution in [-0.4, -0.2) is 23.4 Å². The van der Waals surface area contributed by atoms with E-state index in [1.54, 1.807) is 0 Å². The molecule has 1 aromatic carbocycles. The maximum atomic E-state index is 12.6. The third-order valence-electron chi connectivity index (χ3n) is 2.83. The first-order chi connectivity index (χ1) is 11.0. The van der Waals surface area contributed by atoms with Crippen molar-refractivity contribution in [2.75, 3.05) is 11.9 Å². The Hall–Kier alpha value is -2.52. The second-order valence-electron chi connectivity index (χ2n) is 4.79. The van der Waals surface area contributed by atoms with Gasteiger partial charge in [0.25, 0.3) is 0 Å². The second-order valence-corrected chi connectivity index (χ2v) is 4.79. The Labute approximate surface area is 132 Å². The van der Waals surface area contributed by atoms with E-state index in [0.717, 1.165) is 24.4 Å². The molecule has 2 aromatic rings. The first-order valence-electron chi connectivity index (χ1n) is 6.51. The predicted octanol–water partition coefficient (Wildman–Crippen LogP) is 4.03. The molecular formula is C14H11F6N3O. The Bertz CT molecular complexity index is 701. The SMILES string of the molecule is CN(Cc1cccc(OC(F)(F)F)c1)c1nccc(C(F)(F)F)n1. The lowest BCUT2D eigenvalue weighted by Gasteiger charge is -2.18. The molecule has 0 spiro atoms. The van der Waals surface area contributed by atoms with Crippen molar-refractivity contribution in [3.8, 4) is 5.75 Å². The molecule has 0 aliphatic carbocycles. The van der Waals surface area contributed by atoms with E-state index in [9.17, 15) is 26.3 Å². The van der Waals surface area contributed by atoms with Crippen LogP contribution in [0.5, 0.6) is 5.75 Å². The monoisotopic (exact) mass is 351 g/mol. The maximum Gasteiger partial charge on any atom is 0.573 e. The van der Waals surface area contributed by atoms with Gasteiger partial charge in [-0.2, -0.15) is 13.2 Å². The molecule has 0 amide bonds. The number of rotatable bonds is 4. The third kappa shape index (κ3) is 5.00. The Balaban J connectivity index is 2.15. The van der Waals surface area contributed by atoms with E-state index in [-0.39, 0.29) is 12.5 Å². The minimum atomic E-state index is -4.82. The Morgan fingerprint density at radius 3 is 2.42 bits per heavy atom.